The summed E-state index contributed by atoms with van der Waals surface area (Å²) in [6, 6.07) is 23.6. The number of H-pyrrole nitrogens is 1. The summed E-state index contributed by atoms with van der Waals surface area (Å²) < 4.78 is 0. The summed E-state index contributed by atoms with van der Waals surface area (Å²) in [7, 11) is 0. The molecule has 1 aliphatic rings. The topological polar surface area (TPSA) is 95.2 Å². The number of phenolic OH excluding ortho intramolecular Hbond substituents is 1. The van der Waals surface area contributed by atoms with Crippen LogP contribution in [0.25, 0.3) is 11.3 Å². The summed E-state index contributed by atoms with van der Waals surface area (Å²) in [4.78, 5) is 23.4. The first-order chi connectivity index (χ1) is 16.5. The molecule has 1 amide bonds. The molecule has 1 aromatic heterocycles. The number of hydrogen-bond donors (Lipinski definition) is 3. The largest absolute Gasteiger partial charge is 0.508 e. The fraction of sp³-hybridized carbons (Fsp3) is 0.185. The molecule has 3 aromatic carbocycles. The average molecular weight is 473 g/mol. The van der Waals surface area contributed by atoms with Crippen molar-refractivity contribution >= 4 is 17.5 Å². The maximum Gasteiger partial charge on any atom is 0.240 e. The van der Waals surface area contributed by atoms with E-state index in [2.05, 4.69) is 11.1 Å². The van der Waals surface area contributed by atoms with Gasteiger partial charge in [0.2, 0.25) is 5.91 Å². The minimum absolute atomic E-state index is 0.152. The van der Waals surface area contributed by atoms with Crippen molar-refractivity contribution in [3.8, 4) is 17.0 Å². The molecule has 4 N–H and O–H groups in total. The predicted octanol–water partition coefficient (Wildman–Crippen LogP) is 4.63. The van der Waals surface area contributed by atoms with Crippen molar-refractivity contribution in [1.82, 2.24) is 14.9 Å². The Morgan fingerprint density at radius 1 is 1.06 bits per heavy atom. The Labute approximate surface area is 203 Å². The van der Waals surface area contributed by atoms with Gasteiger partial charge in [0, 0.05) is 18.5 Å². The Morgan fingerprint density at radius 3 is 2.47 bits per heavy atom. The van der Waals surface area contributed by atoms with Crippen LogP contribution in [-0.2, 0) is 24.2 Å². The number of fused-ring (bicyclic) bond motifs is 1. The lowest BCUT2D eigenvalue weighted by Gasteiger charge is -2.37. The third-order valence-corrected chi connectivity index (χ3v) is 6.56. The number of nitrogens with two attached hydrogens (primary N) is 1. The van der Waals surface area contributed by atoms with Gasteiger partial charge < -0.3 is 20.7 Å². The van der Waals surface area contributed by atoms with E-state index in [9.17, 15) is 9.90 Å². The Bertz CT molecular complexity index is 1300. The molecule has 0 saturated heterocycles. The molecule has 34 heavy (non-hydrogen) atoms. The molecular formula is C27H25ClN4O2. The van der Waals surface area contributed by atoms with E-state index < -0.39 is 6.04 Å². The molecule has 0 aliphatic carbocycles. The number of benzene rings is 3. The Balaban J connectivity index is 1.47. The number of carbonyl (C=O) groups is 1. The number of halogens is 1. The number of hydrogen-bond acceptors (Lipinski definition) is 4. The fourth-order valence-corrected chi connectivity index (χ4v) is 4.75. The van der Waals surface area contributed by atoms with Crippen molar-refractivity contribution in [2.75, 3.05) is 0 Å². The van der Waals surface area contributed by atoms with Gasteiger partial charge >= 0.3 is 0 Å². The Morgan fingerprint density at radius 2 is 1.74 bits per heavy atom. The molecule has 0 unspecified atom stereocenters. The van der Waals surface area contributed by atoms with Crippen LogP contribution in [0.2, 0.25) is 5.15 Å². The van der Waals surface area contributed by atoms with Crippen molar-refractivity contribution < 1.29 is 9.90 Å². The van der Waals surface area contributed by atoms with Gasteiger partial charge in [0.15, 0.2) is 0 Å². The first kappa shape index (κ1) is 22.2. The number of nitrogens with one attached hydrogen (secondary N) is 1. The lowest BCUT2D eigenvalue weighted by Crippen LogP contribution is -2.48. The van der Waals surface area contributed by atoms with E-state index in [1.165, 1.54) is 5.56 Å². The maximum absolute atomic E-state index is 13.6. The lowest BCUT2D eigenvalue weighted by atomic mass is 9.92. The highest BCUT2D eigenvalue weighted by molar-refractivity contribution is 6.31. The molecule has 1 aliphatic heterocycles. The van der Waals surface area contributed by atoms with Crippen LogP contribution in [0, 0.1) is 0 Å². The van der Waals surface area contributed by atoms with Crippen LogP contribution >= 0.6 is 11.6 Å². The van der Waals surface area contributed by atoms with Crippen LogP contribution in [0.4, 0.5) is 0 Å². The van der Waals surface area contributed by atoms with E-state index in [0.717, 1.165) is 16.7 Å². The highest BCUT2D eigenvalue weighted by atomic mass is 35.5. The molecule has 0 spiro atoms. The van der Waals surface area contributed by atoms with Gasteiger partial charge in [-0.15, -0.1) is 0 Å². The van der Waals surface area contributed by atoms with E-state index in [1.807, 2.05) is 48.5 Å². The van der Waals surface area contributed by atoms with Gasteiger partial charge in [-0.25, -0.2) is 4.98 Å². The molecule has 2 heterocycles. The van der Waals surface area contributed by atoms with Crippen molar-refractivity contribution in [1.29, 1.82) is 0 Å². The normalized spacial score (nSPS) is 16.2. The number of rotatable bonds is 5. The maximum atomic E-state index is 13.6. The highest BCUT2D eigenvalue weighted by Crippen LogP contribution is 2.35. The molecular weight excluding hydrogens is 448 g/mol. The molecule has 4 aromatic rings. The minimum Gasteiger partial charge on any atom is -0.508 e. The SMILES string of the molecule is N[C@@H](Cc1ccc(O)cc1)C(=O)N1Cc2ccccc2C[C@H]1c1nc(-c2ccccc2)c(Cl)[nH]1. The van der Waals surface area contributed by atoms with Crippen LogP contribution in [0.15, 0.2) is 78.9 Å². The zero-order valence-corrected chi connectivity index (χ0v) is 19.2. The number of nitrogens with zero attached hydrogens (tertiary/aromatic N) is 2. The first-order valence-electron chi connectivity index (χ1n) is 11.2. The zero-order valence-electron chi connectivity index (χ0n) is 18.5. The van der Waals surface area contributed by atoms with E-state index in [4.69, 9.17) is 22.3 Å². The number of amides is 1. The molecule has 172 valence electrons. The van der Waals surface area contributed by atoms with Gasteiger partial charge in [-0.3, -0.25) is 4.79 Å². The molecule has 0 fully saturated rings. The number of aromatic amines is 1. The van der Waals surface area contributed by atoms with Gasteiger partial charge in [-0.1, -0.05) is 78.3 Å². The quantitative estimate of drug-likeness (QED) is 0.394. The number of aromatic hydroxyl groups is 1. The minimum atomic E-state index is -0.726. The van der Waals surface area contributed by atoms with Gasteiger partial charge in [-0.2, -0.15) is 0 Å². The summed E-state index contributed by atoms with van der Waals surface area (Å²) in [5.41, 5.74) is 11.1. The Kier molecular flexibility index (Phi) is 6.09. The van der Waals surface area contributed by atoms with Crippen LogP contribution in [0.1, 0.15) is 28.6 Å². The number of phenols is 1. The van der Waals surface area contributed by atoms with Crippen LogP contribution in [-0.4, -0.2) is 31.9 Å². The number of aromatic nitrogens is 2. The van der Waals surface area contributed by atoms with Gasteiger partial charge in [0.1, 0.15) is 22.4 Å². The van der Waals surface area contributed by atoms with E-state index in [-0.39, 0.29) is 17.7 Å². The molecule has 0 radical (unpaired) electrons. The third-order valence-electron chi connectivity index (χ3n) is 6.28. The van der Waals surface area contributed by atoms with Crippen LogP contribution in [0.5, 0.6) is 5.75 Å². The van der Waals surface area contributed by atoms with Crippen molar-refractivity contribution in [2.24, 2.45) is 5.73 Å². The van der Waals surface area contributed by atoms with Crippen molar-refractivity contribution in [3.05, 3.63) is 107 Å². The molecule has 5 rings (SSSR count). The number of carbonyl (C=O) groups excluding carboxylic acids is 1. The summed E-state index contributed by atoms with van der Waals surface area (Å²) in [6.07, 6.45) is 0.990. The molecule has 0 bridgehead atoms. The zero-order chi connectivity index (χ0) is 23.7. The van der Waals surface area contributed by atoms with Crippen LogP contribution in [0.3, 0.4) is 0 Å². The predicted molar refractivity (Wildman–Crippen MR) is 132 cm³/mol. The number of imidazole rings is 1. The summed E-state index contributed by atoms with van der Waals surface area (Å²) in [5.74, 6) is 0.671. The summed E-state index contributed by atoms with van der Waals surface area (Å²) >= 11 is 6.54. The fourth-order valence-electron chi connectivity index (χ4n) is 4.50. The summed E-state index contributed by atoms with van der Waals surface area (Å²) in [5, 5.41) is 9.98. The van der Waals surface area contributed by atoms with Crippen LogP contribution < -0.4 is 5.73 Å². The summed E-state index contributed by atoms with van der Waals surface area (Å²) in [6.45, 7) is 0.446. The van der Waals surface area contributed by atoms with Crippen molar-refractivity contribution in [2.45, 2.75) is 31.5 Å². The average Bonchev–Trinajstić information content (AvgIpc) is 3.26. The second kappa shape index (κ2) is 9.33. The second-order valence-electron chi connectivity index (χ2n) is 8.58. The lowest BCUT2D eigenvalue weighted by molar-refractivity contribution is -0.136. The smallest absolute Gasteiger partial charge is 0.240 e. The molecule has 7 heteroatoms. The Hall–Kier alpha value is -3.61. The molecule has 2 atom stereocenters. The monoisotopic (exact) mass is 472 g/mol. The van der Waals surface area contributed by atoms with E-state index >= 15 is 0 Å². The van der Waals surface area contributed by atoms with E-state index in [1.54, 1.807) is 29.2 Å². The highest BCUT2D eigenvalue weighted by Gasteiger charge is 2.35. The van der Waals surface area contributed by atoms with Gasteiger partial charge in [-0.05, 0) is 35.2 Å². The molecule has 6 nitrogen and oxygen atoms in total. The van der Waals surface area contributed by atoms with E-state index in [0.29, 0.717) is 36.1 Å². The van der Waals surface area contributed by atoms with Gasteiger partial charge in [0.05, 0.1) is 12.1 Å². The van der Waals surface area contributed by atoms with Crippen molar-refractivity contribution in [3.63, 3.8) is 0 Å². The molecule has 0 saturated carbocycles. The first-order valence-corrected chi connectivity index (χ1v) is 11.6. The third kappa shape index (κ3) is 4.42. The second-order valence-corrected chi connectivity index (χ2v) is 8.96. The van der Waals surface area contributed by atoms with Gasteiger partial charge in [0.25, 0.3) is 0 Å². The standard InChI is InChI=1S/C27H25ClN4O2/c28-25-24(18-6-2-1-3-7-18)30-26(31-25)23-15-19-8-4-5-9-20(19)16-32(23)27(34)22(29)14-17-10-12-21(33)13-11-17/h1-13,22-23,33H,14-16,29H2,(H,30,31)/t22-,23-/m0/s1.